The molecule has 210 valence electrons. The molecule has 3 rings (SSSR count). The molecule has 0 N–H and O–H groups in total. The van der Waals surface area contributed by atoms with Crippen LogP contribution in [0, 0.1) is 18.7 Å². The largest absolute Gasteiger partial charge is 0.416 e. The molecule has 2 aromatic rings. The van der Waals surface area contributed by atoms with Crippen LogP contribution in [0.1, 0.15) is 53.1 Å². The Balaban J connectivity index is 2.00. The number of alkyl halides is 6. The topological polar surface area (TPSA) is 57.7 Å². The fourth-order valence-electron chi connectivity index (χ4n) is 4.79. The zero-order chi connectivity index (χ0) is 28.8. The fraction of sp³-hybridized carbons (Fsp3) is 0.480. The van der Waals surface area contributed by atoms with Crippen molar-refractivity contribution < 1.29 is 43.9 Å². The van der Waals surface area contributed by atoms with Gasteiger partial charge < -0.3 is 4.90 Å². The molecule has 1 amide bonds. The first-order valence-corrected chi connectivity index (χ1v) is 13.4. The Morgan fingerprint density at radius 1 is 1.03 bits per heavy atom. The maximum Gasteiger partial charge on any atom is 0.416 e. The summed E-state index contributed by atoms with van der Waals surface area (Å²) in [6, 6.07) is 3.88. The number of rotatable bonds is 5. The number of piperidine rings is 1. The Morgan fingerprint density at radius 2 is 1.58 bits per heavy atom. The molecule has 1 fully saturated rings. The minimum Gasteiger partial charge on any atom is -0.339 e. The number of carbonyl (C=O) groups is 1. The van der Waals surface area contributed by atoms with Crippen molar-refractivity contribution in [3.8, 4) is 0 Å². The van der Waals surface area contributed by atoms with Crippen molar-refractivity contribution in [3.05, 3.63) is 70.0 Å². The van der Waals surface area contributed by atoms with Crippen molar-refractivity contribution in [1.29, 1.82) is 0 Å². The quantitative estimate of drug-likeness (QED) is 0.432. The third kappa shape index (κ3) is 6.48. The summed E-state index contributed by atoms with van der Waals surface area (Å²) in [6.45, 7) is 2.83. The van der Waals surface area contributed by atoms with Gasteiger partial charge in [-0.3, -0.25) is 4.79 Å². The lowest BCUT2D eigenvalue weighted by molar-refractivity contribution is -0.143. The van der Waals surface area contributed by atoms with Crippen LogP contribution in [0.5, 0.6) is 0 Å². The normalized spacial score (nSPS) is 20.3. The van der Waals surface area contributed by atoms with Gasteiger partial charge in [0.2, 0.25) is 15.9 Å². The van der Waals surface area contributed by atoms with Crippen molar-refractivity contribution >= 4 is 15.9 Å². The maximum atomic E-state index is 13.7. The molecule has 5 nitrogen and oxygen atoms in total. The number of halogens is 7. The Bertz CT molecular complexity index is 1280. The molecule has 0 unspecified atom stereocenters. The number of hydrogen-bond donors (Lipinski definition) is 0. The van der Waals surface area contributed by atoms with Crippen molar-refractivity contribution in [3.63, 3.8) is 0 Å². The van der Waals surface area contributed by atoms with Crippen LogP contribution in [0.25, 0.3) is 0 Å². The number of hydrogen-bond acceptors (Lipinski definition) is 3. The summed E-state index contributed by atoms with van der Waals surface area (Å²) in [5, 5.41) is 0. The molecule has 0 aromatic heterocycles. The summed E-state index contributed by atoms with van der Waals surface area (Å²) in [7, 11) is -2.36. The van der Waals surface area contributed by atoms with Crippen LogP contribution in [0.4, 0.5) is 30.7 Å². The maximum absolute atomic E-state index is 13.7. The predicted octanol–water partition coefficient (Wildman–Crippen LogP) is 5.76. The number of benzene rings is 2. The molecule has 3 atom stereocenters. The van der Waals surface area contributed by atoms with E-state index < -0.39 is 63.1 Å². The number of aryl methyl sites for hydroxylation is 1. The highest BCUT2D eigenvalue weighted by Crippen LogP contribution is 2.40. The van der Waals surface area contributed by atoms with Crippen LogP contribution < -0.4 is 0 Å². The van der Waals surface area contributed by atoms with E-state index in [4.69, 9.17) is 0 Å². The first kappa shape index (κ1) is 29.9. The lowest BCUT2D eigenvalue weighted by atomic mass is 9.78. The van der Waals surface area contributed by atoms with Gasteiger partial charge in [-0.25, -0.2) is 17.1 Å². The molecule has 1 aliphatic heterocycles. The molecule has 1 saturated heterocycles. The van der Waals surface area contributed by atoms with E-state index in [0.29, 0.717) is 23.3 Å². The molecular weight excluding hydrogens is 541 g/mol. The fourth-order valence-corrected chi connectivity index (χ4v) is 5.65. The van der Waals surface area contributed by atoms with Gasteiger partial charge in [0.1, 0.15) is 5.82 Å². The minimum atomic E-state index is -5.04. The number of nitrogens with zero attached hydrogens (tertiary/aromatic N) is 2. The summed E-state index contributed by atoms with van der Waals surface area (Å²) >= 11 is 0. The molecule has 1 heterocycles. The second-order valence-electron chi connectivity index (χ2n) is 9.59. The lowest BCUT2D eigenvalue weighted by Gasteiger charge is -2.40. The Labute approximate surface area is 216 Å². The second kappa shape index (κ2) is 10.5. The average molecular weight is 569 g/mol. The Hall–Kier alpha value is -2.67. The number of amides is 1. The average Bonchev–Trinajstić information content (AvgIpc) is 2.80. The highest BCUT2D eigenvalue weighted by atomic mass is 32.2. The molecule has 0 bridgehead atoms. The molecule has 1 aliphatic rings. The number of carbonyl (C=O) groups excluding carboxylic acids is 1. The molecule has 2 aromatic carbocycles. The van der Waals surface area contributed by atoms with E-state index in [1.165, 1.54) is 36.5 Å². The van der Waals surface area contributed by atoms with E-state index >= 15 is 0 Å². The molecule has 13 heteroatoms. The molecular formula is C25H27F7N2O3S. The van der Waals surface area contributed by atoms with Crippen LogP contribution in [0.15, 0.2) is 36.4 Å². The van der Waals surface area contributed by atoms with Gasteiger partial charge in [0.15, 0.2) is 0 Å². The van der Waals surface area contributed by atoms with E-state index in [9.17, 15) is 43.9 Å². The van der Waals surface area contributed by atoms with Gasteiger partial charge in [0, 0.05) is 32.0 Å². The molecule has 38 heavy (non-hydrogen) atoms. The van der Waals surface area contributed by atoms with Crippen LogP contribution in [0.2, 0.25) is 0 Å². The molecule has 0 aliphatic carbocycles. The molecule has 0 spiro atoms. The van der Waals surface area contributed by atoms with Gasteiger partial charge in [-0.2, -0.15) is 26.3 Å². The van der Waals surface area contributed by atoms with E-state index in [0.717, 1.165) is 11.2 Å². The summed E-state index contributed by atoms with van der Waals surface area (Å²) in [5.74, 6) is -2.67. The smallest absolute Gasteiger partial charge is 0.339 e. The van der Waals surface area contributed by atoms with Crippen molar-refractivity contribution in [1.82, 2.24) is 9.21 Å². The van der Waals surface area contributed by atoms with Gasteiger partial charge in [-0.1, -0.05) is 6.07 Å². The predicted molar refractivity (Wildman–Crippen MR) is 126 cm³/mol. The standard InChI is InChI=1S/C25H27F7N2O3S/c1-14-9-19(26)5-6-20(14)22-13-34(38(4,36)37)8-7-21(22)23(35)33(3)15(2)16-10-17(24(27,28)29)12-18(11-16)25(30,31)32/h5-6,9-12,15,21-22H,7-8,13H2,1-4H3/t15-,21+,22-/m1/s1. The van der Waals surface area contributed by atoms with Crippen LogP contribution in [-0.2, 0) is 27.2 Å². The van der Waals surface area contributed by atoms with Crippen LogP contribution in [-0.4, -0.2) is 49.9 Å². The van der Waals surface area contributed by atoms with E-state index in [1.54, 1.807) is 6.92 Å². The van der Waals surface area contributed by atoms with Crippen LogP contribution in [0.3, 0.4) is 0 Å². The van der Waals surface area contributed by atoms with Crippen LogP contribution >= 0.6 is 0 Å². The lowest BCUT2D eigenvalue weighted by Crippen LogP contribution is -2.48. The van der Waals surface area contributed by atoms with Crippen molar-refractivity contribution in [2.45, 2.75) is 44.6 Å². The summed E-state index contributed by atoms with van der Waals surface area (Å²) in [4.78, 5) is 14.7. The Kier molecular flexibility index (Phi) is 8.24. The summed E-state index contributed by atoms with van der Waals surface area (Å²) < 4.78 is 120. The third-order valence-corrected chi connectivity index (χ3v) is 8.28. The summed E-state index contributed by atoms with van der Waals surface area (Å²) in [5.41, 5.74) is -2.33. The zero-order valence-electron chi connectivity index (χ0n) is 21.0. The highest BCUT2D eigenvalue weighted by Gasteiger charge is 2.41. The first-order valence-electron chi connectivity index (χ1n) is 11.6. The van der Waals surface area contributed by atoms with Gasteiger partial charge >= 0.3 is 12.4 Å². The highest BCUT2D eigenvalue weighted by molar-refractivity contribution is 7.88. The van der Waals surface area contributed by atoms with Gasteiger partial charge in [0.05, 0.1) is 23.4 Å². The van der Waals surface area contributed by atoms with Gasteiger partial charge in [0.25, 0.3) is 0 Å². The monoisotopic (exact) mass is 568 g/mol. The van der Waals surface area contributed by atoms with Crippen molar-refractivity contribution in [2.24, 2.45) is 5.92 Å². The third-order valence-electron chi connectivity index (χ3n) is 7.01. The zero-order valence-corrected chi connectivity index (χ0v) is 21.8. The summed E-state index contributed by atoms with van der Waals surface area (Å²) in [6.07, 6.45) is -9.01. The molecule has 0 radical (unpaired) electrons. The molecule has 0 saturated carbocycles. The van der Waals surface area contributed by atoms with Gasteiger partial charge in [-0.05, 0) is 67.3 Å². The minimum absolute atomic E-state index is 0.00398. The SMILES string of the molecule is Cc1cc(F)ccc1[C@H]1CN(S(C)(=O)=O)CC[C@@H]1C(=O)N(C)[C@H](C)c1cc(C(F)(F)F)cc(C(F)(F)F)c1. The number of sulfonamides is 1. The first-order chi connectivity index (χ1) is 17.3. The Morgan fingerprint density at radius 3 is 2.05 bits per heavy atom. The van der Waals surface area contributed by atoms with Crippen molar-refractivity contribution in [2.75, 3.05) is 26.4 Å². The van der Waals surface area contributed by atoms with E-state index in [2.05, 4.69) is 0 Å². The van der Waals surface area contributed by atoms with Gasteiger partial charge in [-0.15, -0.1) is 0 Å². The second-order valence-corrected chi connectivity index (χ2v) is 11.6. The van der Waals surface area contributed by atoms with E-state index in [1.807, 2.05) is 0 Å². The van der Waals surface area contributed by atoms with E-state index in [-0.39, 0.29) is 31.1 Å².